The highest BCUT2D eigenvalue weighted by Crippen LogP contribution is 2.24. The quantitative estimate of drug-likeness (QED) is 0.669. The number of esters is 1. The zero-order chi connectivity index (χ0) is 14.1. The number of amidine groups is 1. The van der Waals surface area contributed by atoms with Gasteiger partial charge < -0.3 is 4.74 Å². The van der Waals surface area contributed by atoms with Crippen LogP contribution >= 0.6 is 0 Å². The molecule has 0 aromatic heterocycles. The van der Waals surface area contributed by atoms with Gasteiger partial charge in [0.15, 0.2) is 0 Å². The Kier molecular flexibility index (Phi) is 2.99. The number of nitrogens with two attached hydrogens (primary N) is 1. The van der Waals surface area contributed by atoms with E-state index < -0.39 is 0 Å². The zero-order valence-electron chi connectivity index (χ0n) is 11.2. The smallest absolute Gasteiger partial charge is 0.338 e. The lowest BCUT2D eigenvalue weighted by atomic mass is 10.1. The predicted molar refractivity (Wildman–Crippen MR) is 76.1 cm³/mol. The number of nitrogens with zero attached hydrogens (tertiary/aromatic N) is 1. The summed E-state index contributed by atoms with van der Waals surface area (Å²) in [5.74, 6) is 0.366. The van der Waals surface area contributed by atoms with Gasteiger partial charge in [-0.3, -0.25) is 5.73 Å². The highest BCUT2D eigenvalue weighted by Gasteiger charge is 2.25. The zero-order valence-corrected chi connectivity index (χ0v) is 11.2. The molecule has 0 fully saturated rings. The molecule has 0 unspecified atom stereocenters. The van der Waals surface area contributed by atoms with E-state index in [4.69, 9.17) is 10.5 Å². The molecule has 0 aliphatic carbocycles. The van der Waals surface area contributed by atoms with Gasteiger partial charge in [-0.15, -0.1) is 0 Å². The minimum atomic E-state index is -0.345. The molecule has 1 aliphatic rings. The van der Waals surface area contributed by atoms with Crippen LogP contribution in [-0.4, -0.2) is 23.5 Å². The SMILES string of the molecule is COC(=O)c1cccc([N+]2=C(N)c3ccccc3C2)c1. The van der Waals surface area contributed by atoms with Gasteiger partial charge in [-0.1, -0.05) is 24.3 Å². The maximum absolute atomic E-state index is 11.6. The molecule has 3 rings (SSSR count). The normalized spacial score (nSPS) is 13.2. The molecule has 4 heteroatoms. The van der Waals surface area contributed by atoms with Gasteiger partial charge in [0.1, 0.15) is 12.2 Å². The Morgan fingerprint density at radius 2 is 2.00 bits per heavy atom. The van der Waals surface area contributed by atoms with Crippen molar-refractivity contribution in [2.24, 2.45) is 5.73 Å². The second-order valence-electron chi connectivity index (χ2n) is 4.67. The molecule has 0 spiro atoms. The second-order valence-corrected chi connectivity index (χ2v) is 4.67. The molecule has 1 aliphatic heterocycles. The summed E-state index contributed by atoms with van der Waals surface area (Å²) >= 11 is 0. The lowest BCUT2D eigenvalue weighted by Crippen LogP contribution is -2.20. The van der Waals surface area contributed by atoms with Gasteiger partial charge in [0.05, 0.1) is 18.2 Å². The predicted octanol–water partition coefficient (Wildman–Crippen LogP) is 2.04. The third-order valence-electron chi connectivity index (χ3n) is 3.49. The first-order chi connectivity index (χ1) is 9.70. The van der Waals surface area contributed by atoms with Crippen LogP contribution in [0, 0.1) is 0 Å². The van der Waals surface area contributed by atoms with Crippen molar-refractivity contribution >= 4 is 17.5 Å². The number of hydrogen-bond acceptors (Lipinski definition) is 3. The van der Waals surface area contributed by atoms with E-state index in [1.54, 1.807) is 12.1 Å². The van der Waals surface area contributed by atoms with E-state index in [1.807, 2.05) is 34.9 Å². The average Bonchev–Trinajstić information content (AvgIpc) is 2.84. The molecule has 0 atom stereocenters. The van der Waals surface area contributed by atoms with Gasteiger partial charge in [0.25, 0.3) is 5.84 Å². The van der Waals surface area contributed by atoms with Crippen molar-refractivity contribution in [3.63, 3.8) is 0 Å². The van der Waals surface area contributed by atoms with Gasteiger partial charge in [-0.2, -0.15) is 0 Å². The summed E-state index contributed by atoms with van der Waals surface area (Å²) in [5, 5.41) is 0. The Morgan fingerprint density at radius 3 is 2.75 bits per heavy atom. The Bertz CT molecular complexity index is 720. The number of carbonyl (C=O) groups is 1. The van der Waals surface area contributed by atoms with Crippen LogP contribution in [0.2, 0.25) is 0 Å². The van der Waals surface area contributed by atoms with Crippen molar-refractivity contribution in [2.45, 2.75) is 6.54 Å². The molecular formula is C16H15N2O2+. The van der Waals surface area contributed by atoms with Crippen molar-refractivity contribution in [3.05, 3.63) is 65.2 Å². The molecule has 0 radical (unpaired) electrons. The van der Waals surface area contributed by atoms with Crippen molar-refractivity contribution in [1.29, 1.82) is 0 Å². The summed E-state index contributed by atoms with van der Waals surface area (Å²) in [5.41, 5.74) is 9.86. The molecule has 2 aromatic rings. The maximum atomic E-state index is 11.6. The largest absolute Gasteiger partial charge is 0.465 e. The van der Waals surface area contributed by atoms with Crippen LogP contribution in [0.5, 0.6) is 0 Å². The van der Waals surface area contributed by atoms with Crippen LogP contribution in [0.1, 0.15) is 21.5 Å². The molecule has 0 saturated carbocycles. The Labute approximate surface area is 117 Å². The third-order valence-corrected chi connectivity index (χ3v) is 3.49. The molecule has 20 heavy (non-hydrogen) atoms. The molecule has 0 saturated heterocycles. The van der Waals surface area contributed by atoms with Gasteiger partial charge in [0.2, 0.25) is 0 Å². The maximum Gasteiger partial charge on any atom is 0.338 e. The number of fused-ring (bicyclic) bond motifs is 1. The molecule has 2 N–H and O–H groups in total. The van der Waals surface area contributed by atoms with Crippen LogP contribution in [0.4, 0.5) is 5.69 Å². The fourth-order valence-electron chi connectivity index (χ4n) is 2.46. The van der Waals surface area contributed by atoms with E-state index in [2.05, 4.69) is 6.07 Å². The fraction of sp³-hybridized carbons (Fsp3) is 0.125. The number of rotatable bonds is 2. The molecule has 1 heterocycles. The van der Waals surface area contributed by atoms with E-state index in [-0.39, 0.29) is 5.97 Å². The third kappa shape index (κ3) is 1.95. The molecule has 0 bridgehead atoms. The van der Waals surface area contributed by atoms with Crippen molar-refractivity contribution in [3.8, 4) is 0 Å². The number of ether oxygens (including phenoxy) is 1. The van der Waals surface area contributed by atoms with Crippen molar-refractivity contribution in [2.75, 3.05) is 7.11 Å². The molecule has 100 valence electrons. The number of benzene rings is 2. The highest BCUT2D eigenvalue weighted by atomic mass is 16.5. The number of hydrogen-bond donors (Lipinski definition) is 1. The highest BCUT2D eigenvalue weighted by molar-refractivity contribution is 5.97. The first kappa shape index (κ1) is 12.4. The first-order valence-electron chi connectivity index (χ1n) is 6.37. The van der Waals surface area contributed by atoms with Crippen LogP contribution < -0.4 is 5.73 Å². The average molecular weight is 267 g/mol. The number of carbonyl (C=O) groups excluding carboxylic acids is 1. The standard InChI is InChI=1S/C16H14N2O2/c1-20-16(19)11-6-4-7-13(9-11)18-10-12-5-2-3-8-14(12)15(18)17/h2-9,17H,10H2,1H3/p+1. The monoisotopic (exact) mass is 267 g/mol. The summed E-state index contributed by atoms with van der Waals surface area (Å²) in [6.45, 7) is 0.715. The second kappa shape index (κ2) is 4.81. The summed E-state index contributed by atoms with van der Waals surface area (Å²) < 4.78 is 6.74. The fourth-order valence-corrected chi connectivity index (χ4v) is 2.46. The summed E-state index contributed by atoms with van der Waals surface area (Å²) in [6.07, 6.45) is 0. The number of methoxy groups -OCH3 is 1. The van der Waals surface area contributed by atoms with Crippen molar-refractivity contribution < 1.29 is 14.1 Å². The van der Waals surface area contributed by atoms with Crippen LogP contribution in [-0.2, 0) is 11.3 Å². The van der Waals surface area contributed by atoms with E-state index in [9.17, 15) is 4.79 Å². The summed E-state index contributed by atoms with van der Waals surface area (Å²) in [4.78, 5) is 11.6. The molecule has 0 amide bonds. The summed E-state index contributed by atoms with van der Waals surface area (Å²) in [7, 11) is 1.38. The Morgan fingerprint density at radius 1 is 1.20 bits per heavy atom. The lowest BCUT2D eigenvalue weighted by Gasteiger charge is -2.04. The minimum Gasteiger partial charge on any atom is -0.465 e. The lowest BCUT2D eigenvalue weighted by molar-refractivity contribution is -0.453. The molecule has 4 nitrogen and oxygen atoms in total. The van der Waals surface area contributed by atoms with Crippen molar-refractivity contribution in [1.82, 2.24) is 0 Å². The Hall–Kier alpha value is -2.62. The minimum absolute atomic E-state index is 0.345. The van der Waals surface area contributed by atoms with Gasteiger partial charge in [-0.25, -0.2) is 9.37 Å². The van der Waals surface area contributed by atoms with E-state index in [1.165, 1.54) is 12.7 Å². The van der Waals surface area contributed by atoms with Crippen LogP contribution in [0.3, 0.4) is 0 Å². The van der Waals surface area contributed by atoms with Gasteiger partial charge in [-0.05, 0) is 24.3 Å². The molecular weight excluding hydrogens is 252 g/mol. The molecule has 2 aromatic carbocycles. The van der Waals surface area contributed by atoms with E-state index >= 15 is 0 Å². The topological polar surface area (TPSA) is 55.3 Å². The van der Waals surface area contributed by atoms with Crippen LogP contribution in [0.15, 0.2) is 48.5 Å². The van der Waals surface area contributed by atoms with Crippen LogP contribution in [0.25, 0.3) is 0 Å². The van der Waals surface area contributed by atoms with Gasteiger partial charge in [0, 0.05) is 5.56 Å². The van der Waals surface area contributed by atoms with E-state index in [0.29, 0.717) is 17.9 Å². The van der Waals surface area contributed by atoms with E-state index in [0.717, 1.165) is 11.3 Å². The Balaban J connectivity index is 2.04. The van der Waals surface area contributed by atoms with Gasteiger partial charge >= 0.3 is 5.97 Å². The summed E-state index contributed by atoms with van der Waals surface area (Å²) in [6, 6.07) is 15.3. The first-order valence-corrected chi connectivity index (χ1v) is 6.37.